The first kappa shape index (κ1) is 16.5. The molecule has 0 aromatic rings. The van der Waals surface area contributed by atoms with Crippen LogP contribution in [0.15, 0.2) is 0 Å². The molecule has 0 rings (SSSR count). The predicted octanol–water partition coefficient (Wildman–Crippen LogP) is 4.20. The molecule has 0 bridgehead atoms. The molecule has 0 aliphatic rings. The van der Waals surface area contributed by atoms with Crippen LogP contribution in [0, 0.1) is 6.92 Å². The van der Waals surface area contributed by atoms with Crippen LogP contribution < -0.4 is 0 Å². The molecule has 1 amide bonds. The Morgan fingerprint density at radius 2 is 1.35 bits per heavy atom. The summed E-state index contributed by atoms with van der Waals surface area (Å²) in [5, 5.41) is 0. The highest BCUT2D eigenvalue weighted by Crippen LogP contribution is 2.06. The third kappa shape index (κ3) is 9.20. The minimum atomic E-state index is 0.220. The maximum atomic E-state index is 11.7. The quantitative estimate of drug-likeness (QED) is 0.496. The number of carbonyl (C=O) groups excluding carboxylic acids is 1. The van der Waals surface area contributed by atoms with Crippen LogP contribution in [0.1, 0.15) is 71.6 Å². The van der Waals surface area contributed by atoms with Gasteiger partial charge in [0.05, 0.1) is 0 Å². The second-order valence-electron chi connectivity index (χ2n) is 4.75. The van der Waals surface area contributed by atoms with Crippen molar-refractivity contribution in [1.29, 1.82) is 0 Å². The van der Waals surface area contributed by atoms with Gasteiger partial charge >= 0.3 is 0 Å². The second kappa shape index (κ2) is 11.9. The zero-order valence-corrected chi connectivity index (χ0v) is 11.8. The summed E-state index contributed by atoms with van der Waals surface area (Å²) in [6.45, 7) is 9.99. The Bertz CT molecular complexity index is 168. The van der Waals surface area contributed by atoms with Crippen LogP contribution in [0.25, 0.3) is 0 Å². The van der Waals surface area contributed by atoms with Crippen LogP contribution in [0.3, 0.4) is 0 Å². The van der Waals surface area contributed by atoms with Gasteiger partial charge in [0.1, 0.15) is 0 Å². The molecule has 2 heteroatoms. The van der Waals surface area contributed by atoms with Crippen LogP contribution in [-0.2, 0) is 4.79 Å². The molecule has 101 valence electrons. The van der Waals surface area contributed by atoms with Crippen LogP contribution in [0.4, 0.5) is 0 Å². The first-order chi connectivity index (χ1) is 8.26. The first-order valence-electron chi connectivity index (χ1n) is 7.33. The lowest BCUT2D eigenvalue weighted by Crippen LogP contribution is -2.32. The number of hydrogen-bond donors (Lipinski definition) is 0. The minimum Gasteiger partial charge on any atom is -0.343 e. The molecule has 0 aliphatic carbocycles. The zero-order valence-electron chi connectivity index (χ0n) is 11.8. The van der Waals surface area contributed by atoms with Crippen molar-refractivity contribution in [1.82, 2.24) is 4.90 Å². The maximum Gasteiger partial charge on any atom is 0.222 e. The fourth-order valence-electron chi connectivity index (χ4n) is 1.98. The highest BCUT2D eigenvalue weighted by atomic mass is 16.2. The van der Waals surface area contributed by atoms with Gasteiger partial charge in [0.15, 0.2) is 0 Å². The summed E-state index contributed by atoms with van der Waals surface area (Å²) in [7, 11) is 0. The van der Waals surface area contributed by atoms with Crippen LogP contribution >= 0.6 is 0 Å². The van der Waals surface area contributed by atoms with Gasteiger partial charge in [-0.15, -0.1) is 0 Å². The van der Waals surface area contributed by atoms with E-state index < -0.39 is 0 Å². The highest BCUT2D eigenvalue weighted by molar-refractivity contribution is 5.76. The van der Waals surface area contributed by atoms with Crippen molar-refractivity contribution in [2.45, 2.75) is 71.6 Å². The maximum absolute atomic E-state index is 11.7. The molecule has 0 aliphatic heterocycles. The number of nitrogens with zero attached hydrogens (tertiary/aromatic N) is 1. The minimum absolute atomic E-state index is 0.220. The topological polar surface area (TPSA) is 20.3 Å². The van der Waals surface area contributed by atoms with E-state index in [9.17, 15) is 4.79 Å². The number of carbonyl (C=O) groups is 1. The third-order valence-electron chi connectivity index (χ3n) is 3.13. The Hall–Kier alpha value is -0.530. The third-order valence-corrected chi connectivity index (χ3v) is 3.13. The van der Waals surface area contributed by atoms with Crippen molar-refractivity contribution in [2.24, 2.45) is 0 Å². The van der Waals surface area contributed by atoms with Gasteiger partial charge in [0.25, 0.3) is 0 Å². The Morgan fingerprint density at radius 1 is 0.882 bits per heavy atom. The van der Waals surface area contributed by atoms with E-state index in [1.165, 1.54) is 38.5 Å². The average molecular weight is 240 g/mol. The smallest absolute Gasteiger partial charge is 0.222 e. The van der Waals surface area contributed by atoms with E-state index in [0.29, 0.717) is 6.42 Å². The predicted molar refractivity (Wildman–Crippen MR) is 74.8 cm³/mol. The highest BCUT2D eigenvalue weighted by Gasteiger charge is 2.09. The van der Waals surface area contributed by atoms with E-state index in [4.69, 9.17) is 0 Å². The Labute approximate surface area is 108 Å². The van der Waals surface area contributed by atoms with Crippen molar-refractivity contribution >= 4 is 5.91 Å². The monoisotopic (exact) mass is 240 g/mol. The molecule has 0 aromatic carbocycles. The number of amides is 1. The van der Waals surface area contributed by atoms with Crippen molar-refractivity contribution in [3.05, 3.63) is 6.92 Å². The molecule has 2 nitrogen and oxygen atoms in total. The normalized spacial score (nSPS) is 10.5. The van der Waals surface area contributed by atoms with Crippen LogP contribution in [0.5, 0.6) is 0 Å². The fourth-order valence-corrected chi connectivity index (χ4v) is 1.98. The summed E-state index contributed by atoms with van der Waals surface area (Å²) in [5.74, 6) is 0.220. The van der Waals surface area contributed by atoms with Crippen molar-refractivity contribution in [3.8, 4) is 0 Å². The molecule has 0 saturated carbocycles. The molecule has 0 atom stereocenters. The summed E-state index contributed by atoms with van der Waals surface area (Å²) in [6.07, 6.45) is 10.2. The van der Waals surface area contributed by atoms with E-state index in [1.54, 1.807) is 0 Å². The molecule has 17 heavy (non-hydrogen) atoms. The summed E-state index contributed by atoms with van der Waals surface area (Å²) in [4.78, 5) is 13.7. The molecule has 0 N–H and O–H groups in total. The lowest BCUT2D eigenvalue weighted by atomic mass is 10.1. The van der Waals surface area contributed by atoms with Crippen molar-refractivity contribution in [2.75, 3.05) is 13.1 Å². The lowest BCUT2D eigenvalue weighted by molar-refractivity contribution is -0.130. The number of unbranched alkanes of at least 4 members (excludes halogenated alkanes) is 6. The standard InChI is InChI=1S/C15H30NO/c1-4-7-9-11-13-16(15(17)6-3)14-12-10-8-5-2/h3-14H2,1-2H3. The molecule has 0 heterocycles. The van der Waals surface area contributed by atoms with E-state index >= 15 is 0 Å². The molecule has 0 spiro atoms. The van der Waals surface area contributed by atoms with Gasteiger partial charge < -0.3 is 4.90 Å². The molecular formula is C15H30NO. The average Bonchev–Trinajstić information content (AvgIpc) is 2.36. The number of hydrogen-bond acceptors (Lipinski definition) is 1. The van der Waals surface area contributed by atoms with Gasteiger partial charge in [-0.1, -0.05) is 52.4 Å². The number of rotatable bonds is 11. The van der Waals surface area contributed by atoms with E-state index in [-0.39, 0.29) is 5.91 Å². The SMILES string of the molecule is [CH2]CC(=O)N(CCCCCC)CCCCCC. The van der Waals surface area contributed by atoms with Gasteiger partial charge in [-0.3, -0.25) is 4.79 Å². The molecule has 0 fully saturated rings. The summed E-state index contributed by atoms with van der Waals surface area (Å²) >= 11 is 0. The van der Waals surface area contributed by atoms with Crippen LogP contribution in [-0.4, -0.2) is 23.9 Å². The van der Waals surface area contributed by atoms with Crippen molar-refractivity contribution in [3.63, 3.8) is 0 Å². The summed E-state index contributed by atoms with van der Waals surface area (Å²) < 4.78 is 0. The van der Waals surface area contributed by atoms with Crippen molar-refractivity contribution < 1.29 is 4.79 Å². The molecule has 0 saturated heterocycles. The van der Waals surface area contributed by atoms with Gasteiger partial charge in [-0.05, 0) is 19.8 Å². The summed E-state index contributed by atoms with van der Waals surface area (Å²) in [6, 6.07) is 0. The summed E-state index contributed by atoms with van der Waals surface area (Å²) in [5.41, 5.74) is 0. The Balaban J connectivity index is 3.76. The molecular weight excluding hydrogens is 210 g/mol. The van der Waals surface area contributed by atoms with Crippen LogP contribution in [0.2, 0.25) is 0 Å². The fraction of sp³-hybridized carbons (Fsp3) is 0.867. The van der Waals surface area contributed by atoms with Gasteiger partial charge in [0, 0.05) is 19.5 Å². The lowest BCUT2D eigenvalue weighted by Gasteiger charge is -2.22. The van der Waals surface area contributed by atoms with Gasteiger partial charge in [-0.2, -0.15) is 0 Å². The first-order valence-corrected chi connectivity index (χ1v) is 7.33. The van der Waals surface area contributed by atoms with E-state index in [0.717, 1.165) is 25.9 Å². The van der Waals surface area contributed by atoms with E-state index in [2.05, 4.69) is 20.8 Å². The molecule has 0 aromatic heterocycles. The second-order valence-corrected chi connectivity index (χ2v) is 4.75. The molecule has 0 unspecified atom stereocenters. The zero-order chi connectivity index (χ0) is 12.9. The van der Waals surface area contributed by atoms with Gasteiger partial charge in [-0.25, -0.2) is 0 Å². The Kier molecular flexibility index (Phi) is 11.6. The largest absolute Gasteiger partial charge is 0.343 e. The molecule has 1 radical (unpaired) electrons. The van der Waals surface area contributed by atoms with E-state index in [1.807, 2.05) is 4.90 Å². The Morgan fingerprint density at radius 3 is 1.71 bits per heavy atom. The van der Waals surface area contributed by atoms with Gasteiger partial charge in [0.2, 0.25) is 5.91 Å².